The van der Waals surface area contributed by atoms with Crippen molar-refractivity contribution in [2.75, 3.05) is 24.3 Å². The lowest BCUT2D eigenvalue weighted by Gasteiger charge is -2.25. The van der Waals surface area contributed by atoms with Crippen molar-refractivity contribution in [3.05, 3.63) is 10.2 Å². The number of carbonyl (C=O) groups excluding carboxylic acids is 2. The molecule has 38 heavy (non-hydrogen) atoms. The molecule has 2 aromatic rings. The summed E-state index contributed by atoms with van der Waals surface area (Å²) in [4.78, 5) is 37.5. The van der Waals surface area contributed by atoms with Gasteiger partial charge in [0.1, 0.15) is 29.4 Å². The Kier molecular flexibility index (Phi) is 8.61. The van der Waals surface area contributed by atoms with Crippen molar-refractivity contribution in [2.45, 2.75) is 83.0 Å². The third-order valence-electron chi connectivity index (χ3n) is 5.83. The molecule has 0 aliphatic carbocycles. The molecule has 2 saturated heterocycles. The zero-order valence-electron chi connectivity index (χ0n) is 22.1. The smallest absolute Gasteiger partial charge is 0.408 e. The monoisotopic (exact) mass is 664 g/mol. The van der Waals surface area contributed by atoms with Crippen LogP contribution in [-0.4, -0.2) is 85.9 Å². The van der Waals surface area contributed by atoms with Gasteiger partial charge in [-0.2, -0.15) is 11.8 Å². The summed E-state index contributed by atoms with van der Waals surface area (Å²) in [5, 5.41) is 2.59. The summed E-state index contributed by atoms with van der Waals surface area (Å²) < 4.78 is 31.3. The summed E-state index contributed by atoms with van der Waals surface area (Å²) in [6, 6.07) is -0.831. The van der Waals surface area contributed by atoms with E-state index in [1.54, 1.807) is 43.4 Å². The number of nitrogen functional groups attached to an aromatic ring is 1. The molecule has 2 aliphatic heterocycles. The molecule has 210 valence electrons. The second-order valence-electron chi connectivity index (χ2n) is 10.4. The highest BCUT2D eigenvalue weighted by atomic mass is 127. The number of fused-ring (bicyclic) bond motifs is 2. The number of thioether (sulfide) groups is 1. The summed E-state index contributed by atoms with van der Waals surface area (Å²) in [5.41, 5.74) is 6.41. The molecule has 2 fully saturated rings. The van der Waals surface area contributed by atoms with Gasteiger partial charge >= 0.3 is 12.1 Å². The standard InChI is InChI=1S/C23H33IN6O7S/c1-22(2,3)37-21(32)27-11(19(31)33-6)7-8-38-9-12-14-15(36-23(4,5)35-14)18(34-12)30-10-26-13-16(25)28-20(24)29-17(13)30/h10-12,14-15,18H,7-9H2,1-6H3,(H,27,32)(H2,25,28,29)/t11?,12-,14-,15-,18-/m1/s1. The average Bonchev–Trinajstić information content (AvgIpc) is 3.45. The van der Waals surface area contributed by atoms with Crippen molar-refractivity contribution >= 4 is 63.4 Å². The Morgan fingerprint density at radius 1 is 1.29 bits per heavy atom. The fourth-order valence-corrected chi connectivity index (χ4v) is 5.91. The van der Waals surface area contributed by atoms with Gasteiger partial charge in [-0.1, -0.05) is 0 Å². The molecule has 1 unspecified atom stereocenters. The van der Waals surface area contributed by atoms with Crippen LogP contribution in [0.2, 0.25) is 0 Å². The molecule has 1 amide bonds. The van der Waals surface area contributed by atoms with Gasteiger partial charge in [0, 0.05) is 28.3 Å². The molecule has 4 rings (SSSR count). The first kappa shape index (κ1) is 29.0. The van der Waals surface area contributed by atoms with E-state index >= 15 is 0 Å². The molecule has 0 aromatic carbocycles. The molecular formula is C23H33IN6O7S. The van der Waals surface area contributed by atoms with Crippen molar-refractivity contribution in [3.63, 3.8) is 0 Å². The predicted octanol–water partition coefficient (Wildman–Crippen LogP) is 2.62. The molecule has 2 aromatic heterocycles. The highest BCUT2D eigenvalue weighted by molar-refractivity contribution is 14.1. The van der Waals surface area contributed by atoms with Crippen molar-refractivity contribution < 1.29 is 33.3 Å². The highest BCUT2D eigenvalue weighted by Crippen LogP contribution is 2.44. The van der Waals surface area contributed by atoms with E-state index in [0.717, 1.165) is 0 Å². The molecule has 13 nitrogen and oxygen atoms in total. The van der Waals surface area contributed by atoms with E-state index in [4.69, 9.17) is 29.4 Å². The van der Waals surface area contributed by atoms with Crippen LogP contribution in [0, 0.1) is 3.83 Å². The lowest BCUT2D eigenvalue weighted by Crippen LogP contribution is -2.44. The van der Waals surface area contributed by atoms with Gasteiger partial charge < -0.3 is 34.7 Å². The number of amides is 1. The van der Waals surface area contributed by atoms with Crippen LogP contribution in [0.1, 0.15) is 47.3 Å². The molecular weight excluding hydrogens is 631 g/mol. The number of hydrogen-bond acceptors (Lipinski definition) is 12. The number of rotatable bonds is 8. The number of hydrogen-bond donors (Lipinski definition) is 2. The number of nitrogens with two attached hydrogens (primary N) is 1. The number of methoxy groups -OCH3 is 1. The second-order valence-corrected chi connectivity index (χ2v) is 12.5. The van der Waals surface area contributed by atoms with Gasteiger partial charge in [-0.25, -0.2) is 24.5 Å². The van der Waals surface area contributed by atoms with E-state index < -0.39 is 41.8 Å². The van der Waals surface area contributed by atoms with Gasteiger partial charge in [-0.3, -0.25) is 4.57 Å². The molecule has 3 N–H and O–H groups in total. The van der Waals surface area contributed by atoms with Crippen LogP contribution in [0.4, 0.5) is 10.6 Å². The number of ether oxygens (including phenoxy) is 5. The molecule has 5 atom stereocenters. The second kappa shape index (κ2) is 11.3. The van der Waals surface area contributed by atoms with Gasteiger partial charge in [-0.15, -0.1) is 0 Å². The largest absolute Gasteiger partial charge is 0.467 e. The molecule has 15 heteroatoms. The molecule has 0 saturated carbocycles. The number of anilines is 1. The zero-order valence-corrected chi connectivity index (χ0v) is 25.1. The predicted molar refractivity (Wildman–Crippen MR) is 147 cm³/mol. The highest BCUT2D eigenvalue weighted by Gasteiger charge is 2.56. The van der Waals surface area contributed by atoms with Crippen molar-refractivity contribution in [2.24, 2.45) is 0 Å². The molecule has 0 radical (unpaired) electrons. The van der Waals surface area contributed by atoms with Gasteiger partial charge in [0.05, 0.1) is 19.5 Å². The van der Waals surface area contributed by atoms with Crippen LogP contribution in [0.5, 0.6) is 0 Å². The summed E-state index contributed by atoms with van der Waals surface area (Å²) in [7, 11) is 1.28. The van der Waals surface area contributed by atoms with Gasteiger partial charge in [0.25, 0.3) is 0 Å². The maximum atomic E-state index is 12.2. The van der Waals surface area contributed by atoms with E-state index in [-0.39, 0.29) is 12.2 Å². The minimum absolute atomic E-state index is 0.295. The number of aromatic nitrogens is 4. The maximum Gasteiger partial charge on any atom is 0.408 e. The fraction of sp³-hybridized carbons (Fsp3) is 0.696. The Morgan fingerprint density at radius 3 is 2.68 bits per heavy atom. The van der Waals surface area contributed by atoms with Gasteiger partial charge in [0.2, 0.25) is 0 Å². The minimum Gasteiger partial charge on any atom is -0.467 e. The van der Waals surface area contributed by atoms with E-state index in [2.05, 4.69) is 20.3 Å². The number of nitrogens with one attached hydrogen (secondary N) is 1. The first-order valence-corrected chi connectivity index (χ1v) is 14.3. The molecule has 4 heterocycles. The van der Waals surface area contributed by atoms with Crippen molar-refractivity contribution in [1.29, 1.82) is 0 Å². The van der Waals surface area contributed by atoms with Crippen LogP contribution in [0.15, 0.2) is 6.33 Å². The molecule has 0 spiro atoms. The van der Waals surface area contributed by atoms with Crippen LogP contribution >= 0.6 is 34.4 Å². The van der Waals surface area contributed by atoms with Crippen LogP contribution < -0.4 is 11.1 Å². The quantitative estimate of drug-likeness (QED) is 0.184. The number of alkyl carbamates (subject to hydrolysis) is 1. The summed E-state index contributed by atoms with van der Waals surface area (Å²) in [5.74, 6) is 0.0952. The Morgan fingerprint density at radius 2 is 2.00 bits per heavy atom. The average molecular weight is 665 g/mol. The van der Waals surface area contributed by atoms with Gasteiger partial charge in [-0.05, 0) is 46.8 Å². The third kappa shape index (κ3) is 6.60. The number of carbonyl (C=O) groups is 2. The first-order chi connectivity index (χ1) is 17.8. The lowest BCUT2D eigenvalue weighted by molar-refractivity contribution is -0.193. The molecule has 2 aliphatic rings. The fourth-order valence-electron chi connectivity index (χ4n) is 4.36. The third-order valence-corrected chi connectivity index (χ3v) is 7.40. The van der Waals surface area contributed by atoms with Crippen LogP contribution in [0.25, 0.3) is 11.2 Å². The topological polar surface area (TPSA) is 162 Å². The first-order valence-electron chi connectivity index (χ1n) is 12.1. The van der Waals surface area contributed by atoms with E-state index in [1.165, 1.54) is 7.11 Å². The Bertz CT molecular complexity index is 1190. The van der Waals surface area contributed by atoms with Crippen LogP contribution in [0.3, 0.4) is 0 Å². The van der Waals surface area contributed by atoms with Crippen molar-refractivity contribution in [3.8, 4) is 0 Å². The van der Waals surface area contributed by atoms with Crippen molar-refractivity contribution in [1.82, 2.24) is 24.8 Å². The number of esters is 1. The number of imidazole rings is 1. The van der Waals surface area contributed by atoms with E-state index in [1.807, 2.05) is 36.4 Å². The van der Waals surface area contributed by atoms with Gasteiger partial charge in [0.15, 0.2) is 27.3 Å². The summed E-state index contributed by atoms with van der Waals surface area (Å²) in [6.07, 6.45) is -0.242. The Hall–Kier alpha value is -1.95. The minimum atomic E-state index is -0.831. The lowest BCUT2D eigenvalue weighted by atomic mass is 10.1. The Labute approximate surface area is 238 Å². The maximum absolute atomic E-state index is 12.2. The van der Waals surface area contributed by atoms with E-state index in [0.29, 0.717) is 38.7 Å². The van der Waals surface area contributed by atoms with Crippen LogP contribution in [-0.2, 0) is 28.5 Å². The molecule has 0 bridgehead atoms. The number of halogens is 1. The van der Waals surface area contributed by atoms with E-state index in [9.17, 15) is 9.59 Å². The number of nitrogens with zero attached hydrogens (tertiary/aromatic N) is 4. The summed E-state index contributed by atoms with van der Waals surface area (Å²) >= 11 is 3.58. The Balaban J connectivity index is 1.41. The SMILES string of the molecule is COC(=O)C(CCSC[C@H]1O[C@@H](n2cnc3c(N)nc(I)nc32)[C@@H]2OC(C)(C)O[C@@H]21)NC(=O)OC(C)(C)C. The summed E-state index contributed by atoms with van der Waals surface area (Å²) in [6.45, 7) is 8.99. The zero-order chi connectivity index (χ0) is 27.8. The normalized spacial score (nSPS) is 25.2.